The van der Waals surface area contributed by atoms with Crippen molar-refractivity contribution in [3.05, 3.63) is 63.6 Å². The first-order valence-electron chi connectivity index (χ1n) is 6.56. The second-order valence-electron chi connectivity index (χ2n) is 4.69. The largest absolute Gasteiger partial charge is 0.344 e. The molecule has 2 aromatic rings. The van der Waals surface area contributed by atoms with Crippen LogP contribution < -0.4 is 10.6 Å². The van der Waals surface area contributed by atoms with E-state index in [2.05, 4.69) is 10.6 Å². The molecular formula is C16H14Cl2N2O2. The van der Waals surface area contributed by atoms with Crippen LogP contribution in [0.25, 0.3) is 0 Å². The standard InChI is InChI=1S/C16H14Cl2N2O2/c1-10-4-2-3-5-11(10)9-19-15(21)16(22)20-14-7-6-12(17)8-13(14)18/h2-8H,9H2,1H3,(H,19,21)(H,20,22). The van der Waals surface area contributed by atoms with Gasteiger partial charge in [-0.05, 0) is 36.2 Å². The molecule has 0 heterocycles. The Kier molecular flexibility index (Phi) is 5.41. The molecule has 22 heavy (non-hydrogen) atoms. The van der Waals surface area contributed by atoms with Crippen molar-refractivity contribution in [3.63, 3.8) is 0 Å². The fourth-order valence-corrected chi connectivity index (χ4v) is 2.29. The summed E-state index contributed by atoms with van der Waals surface area (Å²) in [7, 11) is 0. The lowest BCUT2D eigenvalue weighted by Crippen LogP contribution is -2.35. The number of rotatable bonds is 3. The van der Waals surface area contributed by atoms with Gasteiger partial charge in [-0.1, -0.05) is 47.5 Å². The maximum atomic E-state index is 11.8. The van der Waals surface area contributed by atoms with Gasteiger partial charge in [0.25, 0.3) is 0 Å². The molecule has 6 heteroatoms. The number of halogens is 2. The minimum Gasteiger partial charge on any atom is -0.344 e. The van der Waals surface area contributed by atoms with Gasteiger partial charge in [-0.25, -0.2) is 0 Å². The van der Waals surface area contributed by atoms with Crippen molar-refractivity contribution in [1.29, 1.82) is 0 Å². The van der Waals surface area contributed by atoms with E-state index in [1.165, 1.54) is 12.1 Å². The summed E-state index contributed by atoms with van der Waals surface area (Å²) in [6.45, 7) is 2.22. The van der Waals surface area contributed by atoms with Crippen LogP contribution in [0.2, 0.25) is 10.0 Å². The van der Waals surface area contributed by atoms with Crippen LogP contribution in [0.5, 0.6) is 0 Å². The number of aryl methyl sites for hydroxylation is 1. The van der Waals surface area contributed by atoms with Crippen LogP contribution >= 0.6 is 23.2 Å². The van der Waals surface area contributed by atoms with Gasteiger partial charge in [0.05, 0.1) is 10.7 Å². The van der Waals surface area contributed by atoms with E-state index in [1.54, 1.807) is 6.07 Å². The normalized spacial score (nSPS) is 10.1. The maximum Gasteiger partial charge on any atom is 0.313 e. The Morgan fingerprint density at radius 3 is 2.45 bits per heavy atom. The Morgan fingerprint density at radius 1 is 1.05 bits per heavy atom. The van der Waals surface area contributed by atoms with Gasteiger partial charge in [0.15, 0.2) is 0 Å². The molecule has 0 fully saturated rings. The van der Waals surface area contributed by atoms with Crippen molar-refractivity contribution in [2.45, 2.75) is 13.5 Å². The Balaban J connectivity index is 1.95. The van der Waals surface area contributed by atoms with E-state index < -0.39 is 11.8 Å². The number of nitrogens with one attached hydrogen (secondary N) is 2. The summed E-state index contributed by atoms with van der Waals surface area (Å²) in [6, 6.07) is 12.2. The third-order valence-corrected chi connectivity index (χ3v) is 3.63. The molecule has 0 saturated heterocycles. The molecule has 2 N–H and O–H groups in total. The quantitative estimate of drug-likeness (QED) is 0.842. The average Bonchev–Trinajstić information content (AvgIpc) is 2.49. The third kappa shape index (κ3) is 4.23. The first-order valence-corrected chi connectivity index (χ1v) is 7.31. The molecule has 0 atom stereocenters. The minimum absolute atomic E-state index is 0.271. The molecule has 0 spiro atoms. The molecule has 2 aromatic carbocycles. The number of amides is 2. The summed E-state index contributed by atoms with van der Waals surface area (Å²) in [5, 5.41) is 5.74. The Morgan fingerprint density at radius 2 is 1.77 bits per heavy atom. The van der Waals surface area contributed by atoms with Crippen LogP contribution in [-0.4, -0.2) is 11.8 Å². The topological polar surface area (TPSA) is 58.2 Å². The molecule has 0 unspecified atom stereocenters. The zero-order chi connectivity index (χ0) is 16.1. The van der Waals surface area contributed by atoms with Gasteiger partial charge in [-0.3, -0.25) is 9.59 Å². The average molecular weight is 337 g/mol. The van der Waals surface area contributed by atoms with Gasteiger partial charge in [0.1, 0.15) is 0 Å². The molecule has 4 nitrogen and oxygen atoms in total. The first-order chi connectivity index (χ1) is 10.5. The first kappa shape index (κ1) is 16.3. The summed E-state index contributed by atoms with van der Waals surface area (Å²) >= 11 is 11.7. The van der Waals surface area contributed by atoms with Gasteiger partial charge in [-0.2, -0.15) is 0 Å². The van der Waals surface area contributed by atoms with E-state index in [-0.39, 0.29) is 11.6 Å². The zero-order valence-electron chi connectivity index (χ0n) is 11.8. The van der Waals surface area contributed by atoms with Crippen molar-refractivity contribution in [3.8, 4) is 0 Å². The molecule has 2 amide bonds. The van der Waals surface area contributed by atoms with Crippen molar-refractivity contribution in [2.75, 3.05) is 5.32 Å². The van der Waals surface area contributed by atoms with Crippen LogP contribution in [0, 0.1) is 6.92 Å². The third-order valence-electron chi connectivity index (χ3n) is 3.09. The van der Waals surface area contributed by atoms with Gasteiger partial charge in [-0.15, -0.1) is 0 Å². The predicted molar refractivity (Wildman–Crippen MR) is 88.1 cm³/mol. The number of hydrogen-bond acceptors (Lipinski definition) is 2. The van der Waals surface area contributed by atoms with Crippen molar-refractivity contribution in [1.82, 2.24) is 5.32 Å². The van der Waals surface area contributed by atoms with Crippen LogP contribution in [0.1, 0.15) is 11.1 Å². The zero-order valence-corrected chi connectivity index (χ0v) is 13.3. The smallest absolute Gasteiger partial charge is 0.313 e. The van der Waals surface area contributed by atoms with Gasteiger partial charge >= 0.3 is 11.8 Å². The highest BCUT2D eigenvalue weighted by Gasteiger charge is 2.15. The molecule has 0 aromatic heterocycles. The number of carbonyl (C=O) groups is 2. The molecular weight excluding hydrogens is 323 g/mol. The van der Waals surface area contributed by atoms with E-state index in [0.717, 1.165) is 11.1 Å². The number of anilines is 1. The lowest BCUT2D eigenvalue weighted by Gasteiger charge is -2.09. The summed E-state index contributed by atoms with van der Waals surface area (Å²) in [4.78, 5) is 23.7. The molecule has 2 rings (SSSR count). The summed E-state index contributed by atoms with van der Waals surface area (Å²) in [5.74, 6) is -1.51. The number of benzene rings is 2. The fraction of sp³-hybridized carbons (Fsp3) is 0.125. The summed E-state index contributed by atoms with van der Waals surface area (Å²) in [6.07, 6.45) is 0. The van der Waals surface area contributed by atoms with E-state index in [1.807, 2.05) is 31.2 Å². The second-order valence-corrected chi connectivity index (χ2v) is 5.53. The van der Waals surface area contributed by atoms with Crippen LogP contribution in [0.3, 0.4) is 0 Å². The molecule has 114 valence electrons. The van der Waals surface area contributed by atoms with Crippen LogP contribution in [0.4, 0.5) is 5.69 Å². The Hall–Kier alpha value is -2.04. The lowest BCUT2D eigenvalue weighted by molar-refractivity contribution is -0.136. The molecule has 0 saturated carbocycles. The minimum atomic E-state index is -0.780. The SMILES string of the molecule is Cc1ccccc1CNC(=O)C(=O)Nc1ccc(Cl)cc1Cl. The van der Waals surface area contributed by atoms with Gasteiger partial charge < -0.3 is 10.6 Å². The highest BCUT2D eigenvalue weighted by atomic mass is 35.5. The summed E-state index contributed by atoms with van der Waals surface area (Å²) in [5.41, 5.74) is 2.33. The molecule has 0 bridgehead atoms. The molecule has 0 aliphatic heterocycles. The monoisotopic (exact) mass is 336 g/mol. The van der Waals surface area contributed by atoms with Gasteiger partial charge in [0, 0.05) is 11.6 Å². The number of carbonyl (C=O) groups excluding carboxylic acids is 2. The lowest BCUT2D eigenvalue weighted by atomic mass is 10.1. The van der Waals surface area contributed by atoms with E-state index in [9.17, 15) is 9.59 Å². The highest BCUT2D eigenvalue weighted by molar-refractivity contribution is 6.42. The molecule has 0 radical (unpaired) electrons. The fourth-order valence-electron chi connectivity index (χ4n) is 1.83. The predicted octanol–water partition coefficient (Wildman–Crippen LogP) is 3.56. The molecule has 0 aliphatic carbocycles. The maximum absolute atomic E-state index is 11.8. The van der Waals surface area contributed by atoms with Crippen molar-refractivity contribution < 1.29 is 9.59 Å². The van der Waals surface area contributed by atoms with Crippen molar-refractivity contribution >= 4 is 40.7 Å². The van der Waals surface area contributed by atoms with Gasteiger partial charge in [0.2, 0.25) is 0 Å². The van der Waals surface area contributed by atoms with Crippen molar-refractivity contribution in [2.24, 2.45) is 0 Å². The van der Waals surface area contributed by atoms with E-state index >= 15 is 0 Å². The van der Waals surface area contributed by atoms with E-state index in [0.29, 0.717) is 10.7 Å². The molecule has 0 aliphatic rings. The van der Waals surface area contributed by atoms with E-state index in [4.69, 9.17) is 23.2 Å². The highest BCUT2D eigenvalue weighted by Crippen LogP contribution is 2.25. The number of hydrogen-bond donors (Lipinski definition) is 2. The van der Waals surface area contributed by atoms with Crippen LogP contribution in [0.15, 0.2) is 42.5 Å². The Labute approximate surface area is 138 Å². The second kappa shape index (κ2) is 7.29. The van der Waals surface area contributed by atoms with Crippen LogP contribution in [-0.2, 0) is 16.1 Å². The summed E-state index contributed by atoms with van der Waals surface area (Å²) < 4.78 is 0. The Bertz CT molecular complexity index is 717.